The summed E-state index contributed by atoms with van der Waals surface area (Å²) in [6.45, 7) is 0.636. The Kier molecular flexibility index (Phi) is 7.12. The summed E-state index contributed by atoms with van der Waals surface area (Å²) in [6, 6.07) is 5.45. The van der Waals surface area contributed by atoms with Gasteiger partial charge in [-0.3, -0.25) is 0 Å². The van der Waals surface area contributed by atoms with E-state index < -0.39 is 6.36 Å². The lowest BCUT2D eigenvalue weighted by molar-refractivity contribution is -0.274. The Hall–Kier alpha value is -2.31. The third-order valence-corrected chi connectivity index (χ3v) is 4.97. The van der Waals surface area contributed by atoms with Crippen LogP contribution in [0.4, 0.5) is 13.2 Å². The van der Waals surface area contributed by atoms with E-state index in [1.165, 1.54) is 69.2 Å². The monoisotopic (exact) mass is 394 g/mol. The van der Waals surface area contributed by atoms with Gasteiger partial charge in [0.2, 0.25) is 0 Å². The highest BCUT2D eigenvalue weighted by molar-refractivity contribution is 5.56. The highest BCUT2D eigenvalue weighted by Crippen LogP contribution is 2.29. The lowest BCUT2D eigenvalue weighted by Crippen LogP contribution is -2.16. The van der Waals surface area contributed by atoms with Crippen LogP contribution < -0.4 is 9.47 Å². The highest BCUT2D eigenvalue weighted by Gasteiger charge is 2.31. The molecule has 1 aliphatic carbocycles. The Morgan fingerprint density at radius 1 is 0.893 bits per heavy atom. The van der Waals surface area contributed by atoms with Crippen LogP contribution in [0.25, 0.3) is 11.4 Å². The maximum atomic E-state index is 12.2. The molecule has 1 aromatic heterocycles. The Bertz CT molecular complexity index is 712. The van der Waals surface area contributed by atoms with Gasteiger partial charge in [-0.2, -0.15) is 0 Å². The highest BCUT2D eigenvalue weighted by atomic mass is 19.4. The summed E-state index contributed by atoms with van der Waals surface area (Å²) < 4.78 is 46.1. The zero-order valence-electron chi connectivity index (χ0n) is 15.8. The van der Waals surface area contributed by atoms with E-state index in [2.05, 4.69) is 14.7 Å². The van der Waals surface area contributed by atoms with Gasteiger partial charge < -0.3 is 9.47 Å². The van der Waals surface area contributed by atoms with Crippen molar-refractivity contribution in [3.8, 4) is 22.9 Å². The van der Waals surface area contributed by atoms with E-state index in [4.69, 9.17) is 4.74 Å². The molecule has 1 heterocycles. The minimum absolute atomic E-state index is 0.274. The number of nitrogens with zero attached hydrogens (tertiary/aromatic N) is 2. The van der Waals surface area contributed by atoms with Crippen molar-refractivity contribution in [1.82, 2.24) is 9.97 Å². The van der Waals surface area contributed by atoms with Crippen molar-refractivity contribution >= 4 is 0 Å². The van der Waals surface area contributed by atoms with Crippen molar-refractivity contribution in [2.75, 3.05) is 6.61 Å². The van der Waals surface area contributed by atoms with Crippen molar-refractivity contribution in [2.24, 2.45) is 5.92 Å². The van der Waals surface area contributed by atoms with Crippen LogP contribution in [-0.4, -0.2) is 22.9 Å². The molecular formula is C21H25F3N2O2. The number of rotatable bonds is 9. The molecule has 28 heavy (non-hydrogen) atoms. The summed E-state index contributed by atoms with van der Waals surface area (Å²) in [5.41, 5.74) is 0.605. The van der Waals surface area contributed by atoms with Gasteiger partial charge in [-0.25, -0.2) is 9.97 Å². The summed E-state index contributed by atoms with van der Waals surface area (Å²) in [5.74, 6) is 1.68. The Morgan fingerprint density at radius 3 is 2.21 bits per heavy atom. The smallest absolute Gasteiger partial charge is 0.490 e. The number of ether oxygens (including phenoxy) is 2. The Labute approximate surface area is 163 Å². The molecule has 152 valence electrons. The van der Waals surface area contributed by atoms with Gasteiger partial charge in [-0.1, -0.05) is 44.9 Å². The van der Waals surface area contributed by atoms with Gasteiger partial charge in [0.05, 0.1) is 19.0 Å². The summed E-state index contributed by atoms with van der Waals surface area (Å²) in [6.07, 6.45) is 8.84. The van der Waals surface area contributed by atoms with Crippen molar-refractivity contribution < 1.29 is 22.6 Å². The molecule has 0 aliphatic heterocycles. The molecule has 0 spiro atoms. The second-order valence-electron chi connectivity index (χ2n) is 7.16. The van der Waals surface area contributed by atoms with E-state index in [0.29, 0.717) is 23.7 Å². The SMILES string of the molecule is FC(F)(F)Oc1ccc(-c2ncc(OCCCCCC3CCCC3)cn2)cc1. The Balaban J connectivity index is 1.39. The molecule has 0 radical (unpaired) electrons. The number of benzene rings is 1. The molecule has 1 saturated carbocycles. The molecule has 4 nitrogen and oxygen atoms in total. The molecule has 0 saturated heterocycles. The molecule has 1 aliphatic rings. The van der Waals surface area contributed by atoms with Crippen molar-refractivity contribution in [1.29, 1.82) is 0 Å². The van der Waals surface area contributed by atoms with E-state index in [1.54, 1.807) is 12.4 Å². The molecule has 7 heteroatoms. The lowest BCUT2D eigenvalue weighted by atomic mass is 10.0. The van der Waals surface area contributed by atoms with Gasteiger partial charge in [0.15, 0.2) is 11.6 Å². The number of halogens is 3. The molecule has 0 amide bonds. The topological polar surface area (TPSA) is 44.2 Å². The van der Waals surface area contributed by atoms with Crippen LogP contribution in [0.5, 0.6) is 11.5 Å². The molecule has 0 N–H and O–H groups in total. The van der Waals surface area contributed by atoms with Crippen molar-refractivity contribution in [3.63, 3.8) is 0 Å². The maximum Gasteiger partial charge on any atom is 0.573 e. The molecule has 0 bridgehead atoms. The average Bonchev–Trinajstić information content (AvgIpc) is 3.18. The van der Waals surface area contributed by atoms with E-state index in [9.17, 15) is 13.2 Å². The molecule has 3 rings (SSSR count). The maximum absolute atomic E-state index is 12.2. The zero-order valence-corrected chi connectivity index (χ0v) is 15.8. The second-order valence-corrected chi connectivity index (χ2v) is 7.16. The predicted octanol–water partition coefficient (Wildman–Crippen LogP) is 6.17. The fourth-order valence-corrected chi connectivity index (χ4v) is 3.55. The molecule has 2 aromatic rings. The van der Waals surface area contributed by atoms with E-state index in [-0.39, 0.29) is 5.75 Å². The third-order valence-electron chi connectivity index (χ3n) is 4.97. The fraction of sp³-hybridized carbons (Fsp3) is 0.524. The minimum Gasteiger partial charge on any atom is -0.490 e. The predicted molar refractivity (Wildman–Crippen MR) is 100 cm³/mol. The number of alkyl halides is 3. The van der Waals surface area contributed by atoms with Crippen molar-refractivity contribution in [3.05, 3.63) is 36.7 Å². The van der Waals surface area contributed by atoms with E-state index in [1.807, 2.05) is 0 Å². The van der Waals surface area contributed by atoms with Gasteiger partial charge in [0, 0.05) is 5.56 Å². The summed E-state index contributed by atoms with van der Waals surface area (Å²) in [5, 5.41) is 0. The van der Waals surface area contributed by atoms with Crippen LogP contribution in [0.15, 0.2) is 36.7 Å². The Morgan fingerprint density at radius 2 is 1.57 bits per heavy atom. The van der Waals surface area contributed by atoms with Crippen LogP contribution in [0.2, 0.25) is 0 Å². The summed E-state index contributed by atoms with van der Waals surface area (Å²) >= 11 is 0. The number of hydrogen-bond acceptors (Lipinski definition) is 4. The molecule has 1 fully saturated rings. The first kappa shape index (κ1) is 20.4. The minimum atomic E-state index is -4.70. The average molecular weight is 394 g/mol. The molecule has 0 atom stereocenters. The number of unbranched alkanes of at least 4 members (excludes halogenated alkanes) is 2. The largest absolute Gasteiger partial charge is 0.573 e. The van der Waals surface area contributed by atoms with Gasteiger partial charge >= 0.3 is 6.36 Å². The quantitative estimate of drug-likeness (QED) is 0.477. The standard InChI is InChI=1S/C21H25F3N2O2/c22-21(23,24)28-18-11-9-17(10-12-18)20-25-14-19(15-26-20)27-13-5-1-2-6-16-7-3-4-8-16/h9-12,14-16H,1-8,13H2. The van der Waals surface area contributed by atoms with Crippen LogP contribution in [0.3, 0.4) is 0 Å². The fourth-order valence-electron chi connectivity index (χ4n) is 3.55. The molecular weight excluding hydrogens is 369 g/mol. The van der Waals surface area contributed by atoms with Crippen LogP contribution in [-0.2, 0) is 0 Å². The van der Waals surface area contributed by atoms with E-state index in [0.717, 1.165) is 12.3 Å². The van der Waals surface area contributed by atoms with Gasteiger partial charge in [0.25, 0.3) is 0 Å². The second kappa shape index (κ2) is 9.75. The number of hydrogen-bond donors (Lipinski definition) is 0. The molecule has 1 aromatic carbocycles. The first-order chi connectivity index (χ1) is 13.5. The normalized spacial score (nSPS) is 15.0. The first-order valence-electron chi connectivity index (χ1n) is 9.81. The summed E-state index contributed by atoms with van der Waals surface area (Å²) in [7, 11) is 0. The zero-order chi connectivity index (χ0) is 19.8. The third kappa shape index (κ3) is 6.69. The van der Waals surface area contributed by atoms with Crippen LogP contribution >= 0.6 is 0 Å². The van der Waals surface area contributed by atoms with Gasteiger partial charge in [0.1, 0.15) is 5.75 Å². The first-order valence-corrected chi connectivity index (χ1v) is 9.81. The van der Waals surface area contributed by atoms with Gasteiger partial charge in [-0.15, -0.1) is 13.2 Å². The van der Waals surface area contributed by atoms with Crippen LogP contribution in [0.1, 0.15) is 51.4 Å². The molecule has 0 unspecified atom stereocenters. The lowest BCUT2D eigenvalue weighted by Gasteiger charge is -2.10. The number of aromatic nitrogens is 2. The summed E-state index contributed by atoms with van der Waals surface area (Å²) in [4.78, 5) is 8.44. The van der Waals surface area contributed by atoms with Gasteiger partial charge in [-0.05, 0) is 36.6 Å². The van der Waals surface area contributed by atoms with Crippen LogP contribution in [0, 0.1) is 5.92 Å². The van der Waals surface area contributed by atoms with Crippen molar-refractivity contribution in [2.45, 2.75) is 57.7 Å². The van der Waals surface area contributed by atoms with E-state index >= 15 is 0 Å².